The van der Waals surface area contributed by atoms with Gasteiger partial charge in [0.15, 0.2) is 5.79 Å². The number of carbonyl (C=O) groups excluding carboxylic acids is 1. The van der Waals surface area contributed by atoms with E-state index in [1.165, 1.54) is 5.56 Å². The van der Waals surface area contributed by atoms with Crippen molar-refractivity contribution < 1.29 is 14.3 Å². The van der Waals surface area contributed by atoms with E-state index in [1.54, 1.807) is 0 Å². The van der Waals surface area contributed by atoms with Crippen LogP contribution in [0.2, 0.25) is 0 Å². The molecule has 3 aliphatic rings. The largest absolute Gasteiger partial charge is 0.347 e. The van der Waals surface area contributed by atoms with Gasteiger partial charge >= 0.3 is 0 Å². The minimum atomic E-state index is -0.403. The first-order chi connectivity index (χ1) is 10.2. The number of likely N-dealkylation sites (tertiary alicyclic amines) is 1. The number of amides is 1. The number of hydrogen-bond acceptors (Lipinski definition) is 3. The van der Waals surface area contributed by atoms with E-state index in [-0.39, 0.29) is 5.41 Å². The van der Waals surface area contributed by atoms with Gasteiger partial charge in [-0.05, 0) is 18.4 Å². The SMILES string of the molecule is O=C(N1CCC2(CC1)OCCO2)C1(c2ccccc2)CC1. The van der Waals surface area contributed by atoms with Crippen molar-refractivity contribution in [3.8, 4) is 0 Å². The van der Waals surface area contributed by atoms with E-state index in [2.05, 4.69) is 12.1 Å². The summed E-state index contributed by atoms with van der Waals surface area (Å²) in [6, 6.07) is 10.2. The van der Waals surface area contributed by atoms with Gasteiger partial charge in [-0.15, -0.1) is 0 Å². The van der Waals surface area contributed by atoms with Crippen molar-refractivity contribution in [1.29, 1.82) is 0 Å². The third-order valence-corrected chi connectivity index (χ3v) is 5.11. The Labute approximate surface area is 125 Å². The van der Waals surface area contributed by atoms with Crippen molar-refractivity contribution in [3.05, 3.63) is 35.9 Å². The molecule has 4 rings (SSSR count). The summed E-state index contributed by atoms with van der Waals surface area (Å²) in [4.78, 5) is 14.9. The summed E-state index contributed by atoms with van der Waals surface area (Å²) >= 11 is 0. The van der Waals surface area contributed by atoms with Crippen LogP contribution in [0.5, 0.6) is 0 Å². The molecule has 3 fully saturated rings. The zero-order valence-corrected chi connectivity index (χ0v) is 12.2. The van der Waals surface area contributed by atoms with Crippen molar-refractivity contribution in [2.45, 2.75) is 36.9 Å². The lowest BCUT2D eigenvalue weighted by Gasteiger charge is -2.39. The van der Waals surface area contributed by atoms with Crippen molar-refractivity contribution in [2.75, 3.05) is 26.3 Å². The van der Waals surface area contributed by atoms with Crippen LogP contribution in [0.4, 0.5) is 0 Å². The Morgan fingerprint density at radius 2 is 1.57 bits per heavy atom. The van der Waals surface area contributed by atoms with E-state index in [4.69, 9.17) is 9.47 Å². The van der Waals surface area contributed by atoms with Crippen molar-refractivity contribution >= 4 is 5.91 Å². The van der Waals surface area contributed by atoms with Gasteiger partial charge in [0.25, 0.3) is 0 Å². The molecule has 1 aliphatic carbocycles. The Hall–Kier alpha value is -1.39. The number of piperidine rings is 1. The van der Waals surface area contributed by atoms with Crippen LogP contribution in [0.25, 0.3) is 0 Å². The molecule has 2 saturated heterocycles. The molecular weight excluding hydrogens is 266 g/mol. The topological polar surface area (TPSA) is 38.8 Å². The molecule has 1 amide bonds. The Morgan fingerprint density at radius 1 is 0.952 bits per heavy atom. The molecule has 0 unspecified atom stereocenters. The number of ether oxygens (including phenoxy) is 2. The van der Waals surface area contributed by atoms with Crippen LogP contribution in [0.15, 0.2) is 30.3 Å². The van der Waals surface area contributed by atoms with E-state index in [1.807, 2.05) is 23.1 Å². The second-order valence-electron chi connectivity index (χ2n) is 6.35. The average molecular weight is 287 g/mol. The molecule has 4 heteroatoms. The first-order valence-electron chi connectivity index (χ1n) is 7.87. The number of nitrogens with zero attached hydrogens (tertiary/aromatic N) is 1. The molecule has 1 saturated carbocycles. The molecule has 1 spiro atoms. The van der Waals surface area contributed by atoms with E-state index in [9.17, 15) is 4.79 Å². The lowest BCUT2D eigenvalue weighted by molar-refractivity contribution is -0.188. The van der Waals surface area contributed by atoms with Gasteiger partial charge in [0, 0.05) is 25.9 Å². The highest BCUT2D eigenvalue weighted by Crippen LogP contribution is 2.50. The summed E-state index contributed by atoms with van der Waals surface area (Å²) in [5.41, 5.74) is 0.923. The Kier molecular flexibility index (Phi) is 3.05. The molecule has 2 heterocycles. The van der Waals surface area contributed by atoms with E-state index < -0.39 is 5.79 Å². The van der Waals surface area contributed by atoms with Crippen molar-refractivity contribution in [1.82, 2.24) is 4.90 Å². The fourth-order valence-corrected chi connectivity index (χ4v) is 3.65. The minimum absolute atomic E-state index is 0.247. The minimum Gasteiger partial charge on any atom is -0.347 e. The van der Waals surface area contributed by atoms with Gasteiger partial charge in [0.1, 0.15) is 0 Å². The van der Waals surface area contributed by atoms with Gasteiger partial charge in [-0.1, -0.05) is 30.3 Å². The second-order valence-corrected chi connectivity index (χ2v) is 6.35. The van der Waals surface area contributed by atoms with Gasteiger partial charge in [-0.2, -0.15) is 0 Å². The molecule has 1 aromatic carbocycles. The molecule has 0 N–H and O–H groups in total. The first-order valence-corrected chi connectivity index (χ1v) is 7.87. The molecule has 0 atom stereocenters. The normalized spacial score (nSPS) is 26.0. The average Bonchev–Trinajstić information content (AvgIpc) is 3.24. The molecule has 112 valence electrons. The molecule has 4 nitrogen and oxygen atoms in total. The fraction of sp³-hybridized carbons (Fsp3) is 0.588. The highest BCUT2D eigenvalue weighted by atomic mass is 16.7. The van der Waals surface area contributed by atoms with Gasteiger partial charge in [0.05, 0.1) is 18.6 Å². The summed E-state index contributed by atoms with van der Waals surface area (Å²) in [6.45, 7) is 2.85. The number of carbonyl (C=O) groups is 1. The maximum absolute atomic E-state index is 12.9. The molecule has 0 radical (unpaired) electrons. The maximum atomic E-state index is 12.9. The third kappa shape index (κ3) is 2.17. The zero-order valence-electron chi connectivity index (χ0n) is 12.2. The summed E-state index contributed by atoms with van der Waals surface area (Å²) in [5.74, 6) is -0.109. The van der Waals surface area contributed by atoms with Crippen LogP contribution in [-0.4, -0.2) is 42.9 Å². The van der Waals surface area contributed by atoms with Crippen molar-refractivity contribution in [3.63, 3.8) is 0 Å². The number of benzene rings is 1. The summed E-state index contributed by atoms with van der Waals surface area (Å²) in [7, 11) is 0. The Morgan fingerprint density at radius 3 is 2.14 bits per heavy atom. The highest BCUT2D eigenvalue weighted by Gasteiger charge is 2.54. The summed E-state index contributed by atoms with van der Waals surface area (Å²) in [6.07, 6.45) is 3.54. The molecular formula is C17H21NO3. The van der Waals surface area contributed by atoms with E-state index >= 15 is 0 Å². The molecule has 2 aliphatic heterocycles. The fourth-order valence-electron chi connectivity index (χ4n) is 3.65. The van der Waals surface area contributed by atoms with Gasteiger partial charge in [-0.25, -0.2) is 0 Å². The molecule has 1 aromatic rings. The third-order valence-electron chi connectivity index (χ3n) is 5.11. The second kappa shape index (κ2) is 4.82. The van der Waals surface area contributed by atoms with E-state index in [0.717, 1.165) is 38.8 Å². The summed E-state index contributed by atoms with van der Waals surface area (Å²) in [5, 5.41) is 0. The quantitative estimate of drug-likeness (QED) is 0.836. The zero-order chi connectivity index (χ0) is 14.3. The first kappa shape index (κ1) is 13.3. The van der Waals surface area contributed by atoms with Gasteiger partial charge in [-0.3, -0.25) is 4.79 Å². The smallest absolute Gasteiger partial charge is 0.233 e. The monoisotopic (exact) mass is 287 g/mol. The van der Waals surface area contributed by atoms with Gasteiger partial charge in [0.2, 0.25) is 5.91 Å². The van der Waals surface area contributed by atoms with E-state index in [0.29, 0.717) is 19.1 Å². The number of hydrogen-bond donors (Lipinski definition) is 0. The van der Waals surface area contributed by atoms with Crippen LogP contribution < -0.4 is 0 Å². The Bertz CT molecular complexity index is 522. The molecule has 0 aromatic heterocycles. The van der Waals surface area contributed by atoms with Crippen molar-refractivity contribution in [2.24, 2.45) is 0 Å². The predicted molar refractivity (Wildman–Crippen MR) is 77.8 cm³/mol. The Balaban J connectivity index is 1.47. The number of rotatable bonds is 2. The predicted octanol–water partition coefficient (Wildman–Crippen LogP) is 2.08. The lowest BCUT2D eigenvalue weighted by atomic mass is 9.92. The summed E-state index contributed by atoms with van der Waals surface area (Å²) < 4.78 is 11.5. The van der Waals surface area contributed by atoms with Crippen LogP contribution in [-0.2, 0) is 19.7 Å². The van der Waals surface area contributed by atoms with Gasteiger partial charge < -0.3 is 14.4 Å². The molecule has 21 heavy (non-hydrogen) atoms. The van der Waals surface area contributed by atoms with Crippen LogP contribution in [0, 0.1) is 0 Å². The standard InChI is InChI=1S/C17H21NO3/c19-15(16(6-7-16)14-4-2-1-3-5-14)18-10-8-17(9-11-18)20-12-13-21-17/h1-5H,6-13H2. The van der Waals surface area contributed by atoms with Crippen LogP contribution in [0.3, 0.4) is 0 Å². The van der Waals surface area contributed by atoms with Crippen LogP contribution >= 0.6 is 0 Å². The maximum Gasteiger partial charge on any atom is 0.233 e. The lowest BCUT2D eigenvalue weighted by Crippen LogP contribution is -2.50. The van der Waals surface area contributed by atoms with Crippen LogP contribution in [0.1, 0.15) is 31.2 Å². The highest BCUT2D eigenvalue weighted by molar-refractivity contribution is 5.91. The molecule has 0 bridgehead atoms.